The zero-order chi connectivity index (χ0) is 22.3. The minimum Gasteiger partial charge on any atom is -0.354 e. The molecule has 31 heavy (non-hydrogen) atoms. The SMILES string of the molecule is Cc1ccc(N(CC(=O)NCCSc2ccccc2)S(=O)(=O)c2ccc(F)cc2)cc1. The van der Waals surface area contributed by atoms with Gasteiger partial charge in [0.05, 0.1) is 10.6 Å². The lowest BCUT2D eigenvalue weighted by atomic mass is 10.2. The molecule has 0 saturated carbocycles. The number of thioether (sulfide) groups is 1. The summed E-state index contributed by atoms with van der Waals surface area (Å²) in [7, 11) is -4.05. The number of benzene rings is 3. The Morgan fingerprint density at radius 2 is 1.61 bits per heavy atom. The van der Waals surface area contributed by atoms with E-state index in [1.807, 2.05) is 37.3 Å². The Kier molecular flexibility index (Phi) is 7.70. The van der Waals surface area contributed by atoms with Crippen LogP contribution in [0.5, 0.6) is 0 Å². The normalized spacial score (nSPS) is 11.2. The van der Waals surface area contributed by atoms with Crippen molar-refractivity contribution in [1.29, 1.82) is 0 Å². The van der Waals surface area contributed by atoms with E-state index in [-0.39, 0.29) is 11.4 Å². The average Bonchev–Trinajstić information content (AvgIpc) is 2.77. The lowest BCUT2D eigenvalue weighted by Crippen LogP contribution is -2.41. The Balaban J connectivity index is 1.71. The van der Waals surface area contributed by atoms with E-state index in [0.29, 0.717) is 18.0 Å². The second-order valence-electron chi connectivity index (χ2n) is 6.81. The predicted octanol–water partition coefficient (Wildman–Crippen LogP) is 4.24. The van der Waals surface area contributed by atoms with Gasteiger partial charge in [-0.05, 0) is 55.5 Å². The number of sulfonamides is 1. The number of hydrogen-bond acceptors (Lipinski definition) is 4. The number of halogens is 1. The maximum atomic E-state index is 13.3. The molecule has 5 nitrogen and oxygen atoms in total. The fraction of sp³-hybridized carbons (Fsp3) is 0.174. The molecule has 0 fully saturated rings. The second-order valence-corrected chi connectivity index (χ2v) is 9.84. The first-order chi connectivity index (χ1) is 14.9. The Hall–Kier alpha value is -2.84. The van der Waals surface area contributed by atoms with Crippen LogP contribution < -0.4 is 9.62 Å². The van der Waals surface area contributed by atoms with Crippen molar-refractivity contribution in [3.63, 3.8) is 0 Å². The molecule has 8 heteroatoms. The molecule has 0 atom stereocenters. The maximum absolute atomic E-state index is 13.3. The van der Waals surface area contributed by atoms with Gasteiger partial charge in [0.15, 0.2) is 0 Å². The van der Waals surface area contributed by atoms with E-state index in [2.05, 4.69) is 5.32 Å². The van der Waals surface area contributed by atoms with Gasteiger partial charge in [-0.1, -0.05) is 35.9 Å². The minimum absolute atomic E-state index is 0.0816. The average molecular weight is 459 g/mol. The first-order valence-electron chi connectivity index (χ1n) is 9.66. The van der Waals surface area contributed by atoms with Crippen molar-refractivity contribution in [3.05, 3.63) is 90.2 Å². The van der Waals surface area contributed by atoms with Gasteiger partial charge in [0.2, 0.25) is 5.91 Å². The van der Waals surface area contributed by atoms with Crippen LogP contribution in [0.3, 0.4) is 0 Å². The zero-order valence-corrected chi connectivity index (χ0v) is 18.6. The highest BCUT2D eigenvalue weighted by molar-refractivity contribution is 7.99. The maximum Gasteiger partial charge on any atom is 0.264 e. The van der Waals surface area contributed by atoms with Crippen LogP contribution in [0, 0.1) is 12.7 Å². The summed E-state index contributed by atoms with van der Waals surface area (Å²) in [6.07, 6.45) is 0. The first kappa shape index (κ1) is 22.8. The van der Waals surface area contributed by atoms with Gasteiger partial charge in [-0.25, -0.2) is 12.8 Å². The number of rotatable bonds is 9. The van der Waals surface area contributed by atoms with Crippen LogP contribution in [-0.4, -0.2) is 33.2 Å². The van der Waals surface area contributed by atoms with Crippen LogP contribution in [-0.2, 0) is 14.8 Å². The van der Waals surface area contributed by atoms with E-state index in [1.54, 1.807) is 36.0 Å². The van der Waals surface area contributed by atoms with Crippen LogP contribution in [0.2, 0.25) is 0 Å². The van der Waals surface area contributed by atoms with Crippen molar-refractivity contribution >= 4 is 33.4 Å². The molecule has 0 saturated heterocycles. The Labute approximate surface area is 186 Å². The summed E-state index contributed by atoms with van der Waals surface area (Å²) in [4.78, 5) is 13.6. The van der Waals surface area contributed by atoms with Crippen molar-refractivity contribution < 1.29 is 17.6 Å². The molecule has 0 radical (unpaired) electrons. The van der Waals surface area contributed by atoms with Gasteiger partial charge in [-0.15, -0.1) is 11.8 Å². The number of nitrogens with one attached hydrogen (secondary N) is 1. The van der Waals surface area contributed by atoms with Gasteiger partial charge in [0, 0.05) is 17.2 Å². The van der Waals surface area contributed by atoms with Crippen molar-refractivity contribution in [2.45, 2.75) is 16.7 Å². The number of amides is 1. The molecule has 0 aromatic heterocycles. The number of aryl methyl sites for hydroxylation is 1. The molecular weight excluding hydrogens is 435 g/mol. The molecule has 0 spiro atoms. The molecule has 0 aliphatic heterocycles. The molecule has 0 aliphatic carbocycles. The van der Waals surface area contributed by atoms with Crippen LogP contribution in [0.4, 0.5) is 10.1 Å². The lowest BCUT2D eigenvalue weighted by molar-refractivity contribution is -0.119. The Morgan fingerprint density at radius 3 is 2.26 bits per heavy atom. The molecule has 1 amide bonds. The van der Waals surface area contributed by atoms with E-state index >= 15 is 0 Å². The summed E-state index contributed by atoms with van der Waals surface area (Å²) < 4.78 is 40.7. The molecule has 0 bridgehead atoms. The van der Waals surface area contributed by atoms with Crippen LogP contribution in [0.25, 0.3) is 0 Å². The third-order valence-corrected chi connectivity index (χ3v) is 7.25. The summed E-state index contributed by atoms with van der Waals surface area (Å²) in [5.74, 6) is -0.292. The highest BCUT2D eigenvalue weighted by Gasteiger charge is 2.27. The number of carbonyl (C=O) groups excluding carboxylic acids is 1. The topological polar surface area (TPSA) is 66.5 Å². The number of nitrogens with zero attached hydrogens (tertiary/aromatic N) is 1. The molecule has 1 N–H and O–H groups in total. The number of anilines is 1. The van der Waals surface area contributed by atoms with E-state index in [1.165, 1.54) is 12.1 Å². The summed E-state index contributed by atoms with van der Waals surface area (Å²) in [5.41, 5.74) is 1.33. The molecule has 3 aromatic carbocycles. The molecule has 3 aromatic rings. The van der Waals surface area contributed by atoms with E-state index in [0.717, 1.165) is 26.9 Å². The minimum atomic E-state index is -4.05. The van der Waals surface area contributed by atoms with Gasteiger partial charge in [-0.3, -0.25) is 9.10 Å². The largest absolute Gasteiger partial charge is 0.354 e. The van der Waals surface area contributed by atoms with Crippen molar-refractivity contribution in [3.8, 4) is 0 Å². The fourth-order valence-corrected chi connectivity index (χ4v) is 5.03. The molecule has 0 aliphatic rings. The third kappa shape index (κ3) is 6.32. The molecule has 3 rings (SSSR count). The van der Waals surface area contributed by atoms with Crippen molar-refractivity contribution in [1.82, 2.24) is 5.32 Å². The van der Waals surface area contributed by atoms with Gasteiger partial charge in [0.25, 0.3) is 10.0 Å². The van der Waals surface area contributed by atoms with Crippen LogP contribution in [0.1, 0.15) is 5.56 Å². The third-order valence-electron chi connectivity index (χ3n) is 4.45. The highest BCUT2D eigenvalue weighted by atomic mass is 32.2. The van der Waals surface area contributed by atoms with Gasteiger partial charge >= 0.3 is 0 Å². The first-order valence-corrected chi connectivity index (χ1v) is 12.1. The summed E-state index contributed by atoms with van der Waals surface area (Å²) in [6, 6.07) is 21.2. The van der Waals surface area contributed by atoms with Crippen LogP contribution in [0.15, 0.2) is 88.7 Å². The van der Waals surface area contributed by atoms with Crippen molar-refractivity contribution in [2.24, 2.45) is 0 Å². The van der Waals surface area contributed by atoms with E-state index in [9.17, 15) is 17.6 Å². The second kappa shape index (κ2) is 10.5. The van der Waals surface area contributed by atoms with E-state index in [4.69, 9.17) is 0 Å². The Morgan fingerprint density at radius 1 is 0.968 bits per heavy atom. The van der Waals surface area contributed by atoms with Crippen LogP contribution >= 0.6 is 11.8 Å². The summed E-state index contributed by atoms with van der Waals surface area (Å²) in [5, 5.41) is 2.77. The van der Waals surface area contributed by atoms with Gasteiger partial charge in [-0.2, -0.15) is 0 Å². The zero-order valence-electron chi connectivity index (χ0n) is 17.0. The predicted molar refractivity (Wildman–Crippen MR) is 122 cm³/mol. The van der Waals surface area contributed by atoms with Gasteiger partial charge < -0.3 is 5.32 Å². The molecule has 0 unspecified atom stereocenters. The molecular formula is C23H23FN2O3S2. The summed E-state index contributed by atoms with van der Waals surface area (Å²) in [6.45, 7) is 1.91. The number of carbonyl (C=O) groups is 1. The monoisotopic (exact) mass is 458 g/mol. The number of hydrogen-bond donors (Lipinski definition) is 1. The van der Waals surface area contributed by atoms with Gasteiger partial charge in [0.1, 0.15) is 12.4 Å². The standard InChI is InChI=1S/C23H23FN2O3S2/c1-18-7-11-20(12-8-18)26(31(28,29)22-13-9-19(24)10-14-22)17-23(27)25-15-16-30-21-5-3-2-4-6-21/h2-14H,15-17H2,1H3,(H,25,27). The van der Waals surface area contributed by atoms with Crippen molar-refractivity contribution in [2.75, 3.05) is 23.1 Å². The fourth-order valence-electron chi connectivity index (χ4n) is 2.82. The summed E-state index contributed by atoms with van der Waals surface area (Å²) >= 11 is 1.60. The smallest absolute Gasteiger partial charge is 0.264 e. The lowest BCUT2D eigenvalue weighted by Gasteiger charge is -2.24. The highest BCUT2D eigenvalue weighted by Crippen LogP contribution is 2.24. The van der Waals surface area contributed by atoms with E-state index < -0.39 is 21.7 Å². The Bertz CT molecular complexity index is 1100. The molecule has 0 heterocycles. The quantitative estimate of drug-likeness (QED) is 0.385. The molecule has 162 valence electrons.